The largest absolute Gasteiger partial charge is 0.480 e. The van der Waals surface area contributed by atoms with Gasteiger partial charge < -0.3 is 10.4 Å². The van der Waals surface area contributed by atoms with Crippen LogP contribution in [-0.2, 0) is 16.1 Å². The highest BCUT2D eigenvalue weighted by Crippen LogP contribution is 2.01. The van der Waals surface area contributed by atoms with Gasteiger partial charge >= 0.3 is 5.97 Å². The lowest BCUT2D eigenvalue weighted by Crippen LogP contribution is -2.45. The van der Waals surface area contributed by atoms with Crippen LogP contribution in [0.25, 0.3) is 0 Å². The Balaban J connectivity index is 2.52. The van der Waals surface area contributed by atoms with Gasteiger partial charge in [-0.05, 0) is 12.0 Å². The van der Waals surface area contributed by atoms with Gasteiger partial charge in [-0.15, -0.1) is 0 Å². The fraction of sp³-hybridized carbons (Fsp3) is 0.500. The standard InChI is InChI=1S/C10H15N3O3/c1-7(2)9(10(15)16)12-8(14)6-13-5-3-4-11-13/h3-5,7,9H,6H2,1-2H3,(H,12,14)(H,15,16). The molecule has 0 aliphatic heterocycles. The van der Waals surface area contributed by atoms with E-state index in [-0.39, 0.29) is 18.4 Å². The molecule has 0 radical (unpaired) electrons. The zero-order valence-electron chi connectivity index (χ0n) is 9.25. The maximum absolute atomic E-state index is 11.5. The van der Waals surface area contributed by atoms with Crippen LogP contribution in [0.5, 0.6) is 0 Å². The van der Waals surface area contributed by atoms with Crippen molar-refractivity contribution in [2.24, 2.45) is 5.92 Å². The molecule has 88 valence electrons. The zero-order chi connectivity index (χ0) is 12.1. The van der Waals surface area contributed by atoms with Crippen LogP contribution in [0.4, 0.5) is 0 Å². The molecular formula is C10H15N3O3. The highest BCUT2D eigenvalue weighted by Gasteiger charge is 2.23. The third kappa shape index (κ3) is 3.38. The van der Waals surface area contributed by atoms with E-state index in [4.69, 9.17) is 5.11 Å². The predicted molar refractivity (Wildman–Crippen MR) is 56.6 cm³/mol. The number of amides is 1. The molecule has 0 saturated heterocycles. The molecule has 1 heterocycles. The number of carbonyl (C=O) groups is 2. The lowest BCUT2D eigenvalue weighted by Gasteiger charge is -2.17. The number of nitrogens with one attached hydrogen (secondary N) is 1. The van der Waals surface area contributed by atoms with Gasteiger partial charge in [0.15, 0.2) is 0 Å². The minimum absolute atomic E-state index is 0.0312. The molecule has 1 unspecified atom stereocenters. The minimum atomic E-state index is -1.02. The molecule has 6 nitrogen and oxygen atoms in total. The average Bonchev–Trinajstić information content (AvgIpc) is 2.65. The number of carbonyl (C=O) groups excluding carboxylic acids is 1. The summed E-state index contributed by atoms with van der Waals surface area (Å²) in [5.74, 6) is -1.53. The molecule has 0 aromatic carbocycles. The Hall–Kier alpha value is -1.85. The number of nitrogens with zero attached hydrogens (tertiary/aromatic N) is 2. The number of aliphatic carboxylic acids is 1. The molecule has 0 aliphatic rings. The number of carboxylic acids is 1. The van der Waals surface area contributed by atoms with Crippen molar-refractivity contribution in [2.75, 3.05) is 0 Å². The summed E-state index contributed by atoms with van der Waals surface area (Å²) < 4.78 is 1.44. The van der Waals surface area contributed by atoms with Crippen molar-refractivity contribution >= 4 is 11.9 Å². The topological polar surface area (TPSA) is 84.2 Å². The van der Waals surface area contributed by atoms with E-state index < -0.39 is 12.0 Å². The van der Waals surface area contributed by atoms with Crippen molar-refractivity contribution in [3.8, 4) is 0 Å². The van der Waals surface area contributed by atoms with Crippen molar-refractivity contribution in [1.29, 1.82) is 0 Å². The fourth-order valence-corrected chi connectivity index (χ4v) is 1.27. The summed E-state index contributed by atoms with van der Waals surface area (Å²) in [7, 11) is 0. The molecule has 1 rings (SSSR count). The first-order chi connectivity index (χ1) is 7.50. The van der Waals surface area contributed by atoms with E-state index in [2.05, 4.69) is 10.4 Å². The fourth-order valence-electron chi connectivity index (χ4n) is 1.27. The maximum Gasteiger partial charge on any atom is 0.326 e. The maximum atomic E-state index is 11.5. The van der Waals surface area contributed by atoms with Crippen LogP contribution in [0.3, 0.4) is 0 Å². The molecule has 0 aliphatic carbocycles. The van der Waals surface area contributed by atoms with E-state index in [0.29, 0.717) is 0 Å². The van der Waals surface area contributed by atoms with Crippen molar-refractivity contribution in [3.05, 3.63) is 18.5 Å². The van der Waals surface area contributed by atoms with Gasteiger partial charge in [0.25, 0.3) is 0 Å². The summed E-state index contributed by atoms with van der Waals surface area (Å²) in [6.45, 7) is 3.52. The summed E-state index contributed by atoms with van der Waals surface area (Å²) in [6, 6.07) is 0.841. The SMILES string of the molecule is CC(C)C(NC(=O)Cn1cccn1)C(=O)O. The Morgan fingerprint density at radius 2 is 2.19 bits per heavy atom. The molecule has 1 atom stereocenters. The number of hydrogen-bond donors (Lipinski definition) is 2. The summed E-state index contributed by atoms with van der Waals surface area (Å²) in [5, 5.41) is 15.2. The molecule has 6 heteroatoms. The van der Waals surface area contributed by atoms with Gasteiger partial charge in [-0.2, -0.15) is 5.10 Å². The average molecular weight is 225 g/mol. The summed E-state index contributed by atoms with van der Waals surface area (Å²) in [5.41, 5.74) is 0. The third-order valence-electron chi connectivity index (χ3n) is 2.11. The minimum Gasteiger partial charge on any atom is -0.480 e. The van der Waals surface area contributed by atoms with Crippen LogP contribution >= 0.6 is 0 Å². The summed E-state index contributed by atoms with van der Waals surface area (Å²) >= 11 is 0. The monoisotopic (exact) mass is 225 g/mol. The number of rotatable bonds is 5. The number of hydrogen-bond acceptors (Lipinski definition) is 3. The molecule has 1 aromatic rings. The molecule has 0 bridgehead atoms. The zero-order valence-corrected chi connectivity index (χ0v) is 9.25. The van der Waals surface area contributed by atoms with Crippen LogP contribution in [-0.4, -0.2) is 32.8 Å². The van der Waals surface area contributed by atoms with Gasteiger partial charge in [-0.1, -0.05) is 13.8 Å². The number of aromatic nitrogens is 2. The smallest absolute Gasteiger partial charge is 0.326 e. The quantitative estimate of drug-likeness (QED) is 0.744. The molecule has 0 fully saturated rings. The molecule has 1 aromatic heterocycles. The van der Waals surface area contributed by atoms with E-state index in [1.54, 1.807) is 32.3 Å². The van der Waals surface area contributed by atoms with Gasteiger partial charge in [0.2, 0.25) is 5.91 Å². The molecule has 0 saturated carbocycles. The van der Waals surface area contributed by atoms with Crippen LogP contribution in [0.2, 0.25) is 0 Å². The first-order valence-electron chi connectivity index (χ1n) is 5.00. The Labute approximate surface area is 93.3 Å². The molecule has 1 amide bonds. The van der Waals surface area contributed by atoms with E-state index in [9.17, 15) is 9.59 Å². The lowest BCUT2D eigenvalue weighted by molar-refractivity contribution is -0.143. The highest BCUT2D eigenvalue weighted by atomic mass is 16.4. The van der Waals surface area contributed by atoms with Crippen LogP contribution < -0.4 is 5.32 Å². The van der Waals surface area contributed by atoms with E-state index in [0.717, 1.165) is 0 Å². The van der Waals surface area contributed by atoms with E-state index in [1.807, 2.05) is 0 Å². The first-order valence-corrected chi connectivity index (χ1v) is 5.00. The second kappa shape index (κ2) is 5.29. The van der Waals surface area contributed by atoms with Crippen molar-refractivity contribution in [2.45, 2.75) is 26.4 Å². The number of carboxylic acid groups (broad SMARTS) is 1. The van der Waals surface area contributed by atoms with Gasteiger partial charge in [-0.25, -0.2) is 4.79 Å². The Morgan fingerprint density at radius 3 is 2.62 bits per heavy atom. The third-order valence-corrected chi connectivity index (χ3v) is 2.11. The summed E-state index contributed by atoms with van der Waals surface area (Å²) in [6.07, 6.45) is 3.20. The van der Waals surface area contributed by atoms with Gasteiger partial charge in [0, 0.05) is 12.4 Å². The van der Waals surface area contributed by atoms with Gasteiger partial charge in [-0.3, -0.25) is 9.48 Å². The van der Waals surface area contributed by atoms with Crippen LogP contribution in [0.1, 0.15) is 13.8 Å². The highest BCUT2D eigenvalue weighted by molar-refractivity contribution is 5.83. The van der Waals surface area contributed by atoms with Gasteiger partial charge in [0.1, 0.15) is 12.6 Å². The Morgan fingerprint density at radius 1 is 1.50 bits per heavy atom. The molecule has 16 heavy (non-hydrogen) atoms. The van der Waals surface area contributed by atoms with Crippen LogP contribution in [0.15, 0.2) is 18.5 Å². The van der Waals surface area contributed by atoms with Crippen LogP contribution in [0, 0.1) is 5.92 Å². The van der Waals surface area contributed by atoms with E-state index in [1.165, 1.54) is 4.68 Å². The van der Waals surface area contributed by atoms with Crippen molar-refractivity contribution in [1.82, 2.24) is 15.1 Å². The Kier molecular flexibility index (Phi) is 4.04. The second-order valence-electron chi connectivity index (χ2n) is 3.83. The van der Waals surface area contributed by atoms with E-state index >= 15 is 0 Å². The predicted octanol–water partition coefficient (Wildman–Crippen LogP) is 0.108. The molecule has 0 spiro atoms. The normalized spacial score (nSPS) is 12.4. The second-order valence-corrected chi connectivity index (χ2v) is 3.83. The van der Waals surface area contributed by atoms with Gasteiger partial charge in [0.05, 0.1) is 0 Å². The summed E-state index contributed by atoms with van der Waals surface area (Å²) in [4.78, 5) is 22.3. The first kappa shape index (κ1) is 12.2. The lowest BCUT2D eigenvalue weighted by atomic mass is 10.1. The van der Waals surface area contributed by atoms with Crippen molar-refractivity contribution in [3.63, 3.8) is 0 Å². The molecular weight excluding hydrogens is 210 g/mol. The Bertz CT molecular complexity index is 359. The van der Waals surface area contributed by atoms with Crippen molar-refractivity contribution < 1.29 is 14.7 Å². The molecule has 2 N–H and O–H groups in total.